The molecule has 14 heavy (non-hydrogen) atoms. The number of rotatable bonds is 2. The molecule has 1 saturated carbocycles. The van der Waals surface area contributed by atoms with E-state index < -0.39 is 0 Å². The third-order valence-electron chi connectivity index (χ3n) is 2.99. The Morgan fingerprint density at radius 2 is 1.79 bits per heavy atom. The van der Waals surface area contributed by atoms with Crippen LogP contribution < -0.4 is 0 Å². The van der Waals surface area contributed by atoms with E-state index in [4.69, 9.17) is 0 Å². The number of carbonyl (C=O) groups excluding carboxylic acids is 3. The second kappa shape index (κ2) is 2.90. The number of hydrogen-bond donors (Lipinski definition) is 0. The lowest BCUT2D eigenvalue weighted by molar-refractivity contribution is -0.152. The van der Waals surface area contributed by atoms with Crippen LogP contribution in [0.2, 0.25) is 0 Å². The van der Waals surface area contributed by atoms with Crippen LogP contribution in [0.5, 0.6) is 0 Å². The van der Waals surface area contributed by atoms with Gasteiger partial charge in [-0.1, -0.05) is 0 Å². The first-order valence-electron chi connectivity index (χ1n) is 4.85. The molecule has 0 radical (unpaired) electrons. The molecule has 0 atom stereocenters. The summed E-state index contributed by atoms with van der Waals surface area (Å²) >= 11 is 0. The van der Waals surface area contributed by atoms with Crippen LogP contribution in [0.4, 0.5) is 0 Å². The van der Waals surface area contributed by atoms with Crippen molar-refractivity contribution in [3.8, 4) is 0 Å². The Morgan fingerprint density at radius 3 is 2.14 bits per heavy atom. The first-order chi connectivity index (χ1) is 6.52. The van der Waals surface area contributed by atoms with Crippen molar-refractivity contribution in [2.45, 2.75) is 32.6 Å². The minimum Gasteiger partial charge on any atom is -0.298 e. The van der Waals surface area contributed by atoms with E-state index in [1.807, 2.05) is 0 Å². The highest BCUT2D eigenvalue weighted by Gasteiger charge is 2.51. The highest BCUT2D eigenvalue weighted by Crippen LogP contribution is 2.54. The molecule has 1 spiro atoms. The van der Waals surface area contributed by atoms with Crippen molar-refractivity contribution >= 4 is 17.6 Å². The van der Waals surface area contributed by atoms with Gasteiger partial charge < -0.3 is 0 Å². The number of likely N-dealkylation sites (tertiary alicyclic amines) is 1. The van der Waals surface area contributed by atoms with Crippen LogP contribution in [0.25, 0.3) is 0 Å². The summed E-state index contributed by atoms with van der Waals surface area (Å²) in [6, 6.07) is 0. The van der Waals surface area contributed by atoms with Crippen LogP contribution in [0.3, 0.4) is 0 Å². The van der Waals surface area contributed by atoms with Gasteiger partial charge in [0.1, 0.15) is 5.78 Å². The Kier molecular flexibility index (Phi) is 1.94. The Bertz CT molecular complexity index is 297. The van der Waals surface area contributed by atoms with Crippen LogP contribution in [0, 0.1) is 5.41 Å². The van der Waals surface area contributed by atoms with Gasteiger partial charge in [0.2, 0.25) is 11.8 Å². The average Bonchev–Trinajstić information content (AvgIpc) is 2.77. The zero-order valence-corrected chi connectivity index (χ0v) is 8.21. The maximum absolute atomic E-state index is 11.5. The topological polar surface area (TPSA) is 54.5 Å². The Labute approximate surface area is 82.3 Å². The lowest BCUT2D eigenvalue weighted by Crippen LogP contribution is -2.46. The molecular weight excluding hydrogens is 182 g/mol. The zero-order chi connectivity index (χ0) is 10.3. The van der Waals surface area contributed by atoms with Gasteiger partial charge in [-0.3, -0.25) is 19.3 Å². The molecule has 0 N–H and O–H groups in total. The summed E-state index contributed by atoms with van der Waals surface area (Å²) in [5.74, 6) is -0.485. The molecule has 2 fully saturated rings. The van der Waals surface area contributed by atoms with E-state index in [-0.39, 0.29) is 29.6 Å². The van der Waals surface area contributed by atoms with Crippen LogP contribution in [-0.4, -0.2) is 29.0 Å². The molecule has 0 aromatic heterocycles. The molecule has 2 rings (SSSR count). The third kappa shape index (κ3) is 1.56. The molecule has 4 heteroatoms. The van der Waals surface area contributed by atoms with Crippen molar-refractivity contribution in [3.63, 3.8) is 0 Å². The summed E-state index contributed by atoms with van der Waals surface area (Å²) in [6.45, 7) is 1.34. The lowest BCUT2D eigenvalue weighted by Gasteiger charge is -2.29. The fourth-order valence-electron chi connectivity index (χ4n) is 1.96. The molecule has 1 heterocycles. The molecule has 4 nitrogen and oxygen atoms in total. The fourth-order valence-corrected chi connectivity index (χ4v) is 1.96. The second-order valence-corrected chi connectivity index (χ2v) is 4.43. The van der Waals surface area contributed by atoms with Crippen LogP contribution in [0.15, 0.2) is 0 Å². The van der Waals surface area contributed by atoms with Gasteiger partial charge in [0, 0.05) is 12.8 Å². The number of hydrogen-bond acceptors (Lipinski definition) is 3. The second-order valence-electron chi connectivity index (χ2n) is 4.43. The average molecular weight is 195 g/mol. The SMILES string of the molecule is CC(=O)CN1C(=O)CC2(CC2)CC1=O. The van der Waals surface area contributed by atoms with Gasteiger partial charge in [-0.05, 0) is 25.2 Å². The van der Waals surface area contributed by atoms with E-state index in [1.165, 1.54) is 6.92 Å². The Morgan fingerprint density at radius 1 is 1.29 bits per heavy atom. The highest BCUT2D eigenvalue weighted by molar-refractivity contribution is 6.01. The molecule has 0 bridgehead atoms. The van der Waals surface area contributed by atoms with Gasteiger partial charge in [-0.15, -0.1) is 0 Å². The normalized spacial score (nSPS) is 24.2. The summed E-state index contributed by atoms with van der Waals surface area (Å²) < 4.78 is 0. The van der Waals surface area contributed by atoms with Gasteiger partial charge in [0.05, 0.1) is 6.54 Å². The quantitative estimate of drug-likeness (QED) is 0.603. The van der Waals surface area contributed by atoms with Gasteiger partial charge in [-0.2, -0.15) is 0 Å². The Balaban J connectivity index is 2.08. The number of ketones is 1. The van der Waals surface area contributed by atoms with Crippen molar-refractivity contribution in [3.05, 3.63) is 0 Å². The summed E-state index contributed by atoms with van der Waals surface area (Å²) in [5.41, 5.74) is -0.0124. The summed E-state index contributed by atoms with van der Waals surface area (Å²) in [7, 11) is 0. The first-order valence-corrected chi connectivity index (χ1v) is 4.85. The smallest absolute Gasteiger partial charge is 0.230 e. The molecule has 0 aromatic rings. The molecule has 0 aromatic carbocycles. The standard InChI is InChI=1S/C10H13NO3/c1-7(12)6-11-8(13)4-10(2-3-10)5-9(11)14/h2-6H2,1H3. The van der Waals surface area contributed by atoms with Crippen molar-refractivity contribution < 1.29 is 14.4 Å². The number of nitrogens with zero attached hydrogens (tertiary/aromatic N) is 1. The summed E-state index contributed by atoms with van der Waals surface area (Å²) in [5, 5.41) is 0. The monoisotopic (exact) mass is 195 g/mol. The number of imide groups is 1. The largest absolute Gasteiger partial charge is 0.298 e. The van der Waals surface area contributed by atoms with Crippen molar-refractivity contribution in [1.29, 1.82) is 0 Å². The van der Waals surface area contributed by atoms with Gasteiger partial charge in [-0.25, -0.2) is 0 Å². The minimum absolute atomic E-state index is 0.0124. The molecule has 1 aliphatic heterocycles. The predicted molar refractivity (Wildman–Crippen MR) is 48.3 cm³/mol. The maximum Gasteiger partial charge on any atom is 0.230 e. The van der Waals surface area contributed by atoms with Crippen molar-refractivity contribution in [2.75, 3.05) is 6.54 Å². The van der Waals surface area contributed by atoms with Gasteiger partial charge in [0.15, 0.2) is 0 Å². The molecule has 76 valence electrons. The molecule has 2 amide bonds. The molecule has 1 saturated heterocycles. The van der Waals surface area contributed by atoms with Crippen LogP contribution >= 0.6 is 0 Å². The number of Topliss-reactive ketones (excluding diaryl/α,β-unsaturated/α-hetero) is 1. The maximum atomic E-state index is 11.5. The number of piperidine rings is 1. The van der Waals surface area contributed by atoms with Crippen LogP contribution in [-0.2, 0) is 14.4 Å². The zero-order valence-electron chi connectivity index (χ0n) is 8.21. The predicted octanol–water partition coefficient (Wildman–Crippen LogP) is 0.505. The highest BCUT2D eigenvalue weighted by atomic mass is 16.2. The van der Waals surface area contributed by atoms with E-state index in [9.17, 15) is 14.4 Å². The number of amides is 2. The van der Waals surface area contributed by atoms with Crippen molar-refractivity contribution in [1.82, 2.24) is 4.90 Å². The third-order valence-corrected chi connectivity index (χ3v) is 2.99. The van der Waals surface area contributed by atoms with Gasteiger partial charge >= 0.3 is 0 Å². The summed E-state index contributed by atoms with van der Waals surface area (Å²) in [4.78, 5) is 35.0. The van der Waals surface area contributed by atoms with E-state index >= 15 is 0 Å². The molecule has 1 aliphatic carbocycles. The Hall–Kier alpha value is -1.19. The number of carbonyl (C=O) groups is 3. The van der Waals surface area contributed by atoms with E-state index in [0.717, 1.165) is 17.7 Å². The van der Waals surface area contributed by atoms with E-state index in [1.54, 1.807) is 0 Å². The van der Waals surface area contributed by atoms with E-state index in [2.05, 4.69) is 0 Å². The molecule has 2 aliphatic rings. The molecular formula is C10H13NO3. The summed E-state index contributed by atoms with van der Waals surface area (Å²) in [6.07, 6.45) is 2.87. The molecule has 0 unspecified atom stereocenters. The van der Waals surface area contributed by atoms with Crippen LogP contribution in [0.1, 0.15) is 32.6 Å². The lowest BCUT2D eigenvalue weighted by atomic mass is 9.92. The first kappa shape index (κ1) is 9.37. The van der Waals surface area contributed by atoms with Crippen molar-refractivity contribution in [2.24, 2.45) is 5.41 Å². The fraction of sp³-hybridized carbons (Fsp3) is 0.700. The van der Waals surface area contributed by atoms with E-state index in [0.29, 0.717) is 12.8 Å². The minimum atomic E-state index is -0.172. The van der Waals surface area contributed by atoms with Gasteiger partial charge in [0.25, 0.3) is 0 Å².